The average molecular weight is 164 g/mol. The molecule has 12 heavy (non-hydrogen) atoms. The SMILES string of the molecule is CCCc1ncc2n1CCCC2. The Hall–Kier alpha value is -0.790. The number of rotatable bonds is 2. The van der Waals surface area contributed by atoms with E-state index in [1.165, 1.54) is 43.7 Å². The summed E-state index contributed by atoms with van der Waals surface area (Å²) >= 11 is 0. The summed E-state index contributed by atoms with van der Waals surface area (Å²) in [5.74, 6) is 1.30. The third-order valence-electron chi connectivity index (χ3n) is 2.56. The van der Waals surface area contributed by atoms with Crippen molar-refractivity contribution in [2.75, 3.05) is 0 Å². The molecule has 0 aliphatic carbocycles. The van der Waals surface area contributed by atoms with Gasteiger partial charge in [0.2, 0.25) is 0 Å². The van der Waals surface area contributed by atoms with Crippen LogP contribution in [0.2, 0.25) is 0 Å². The highest BCUT2D eigenvalue weighted by molar-refractivity contribution is 5.07. The smallest absolute Gasteiger partial charge is 0.108 e. The molecule has 2 nitrogen and oxygen atoms in total. The molecular formula is C10H16N2. The Labute approximate surface area is 73.6 Å². The maximum atomic E-state index is 4.45. The predicted octanol–water partition coefficient (Wildman–Crippen LogP) is 2.17. The van der Waals surface area contributed by atoms with Crippen molar-refractivity contribution >= 4 is 0 Å². The molecule has 0 bridgehead atoms. The number of fused-ring (bicyclic) bond motifs is 1. The molecule has 1 aromatic heterocycles. The molecule has 2 heterocycles. The Morgan fingerprint density at radius 2 is 2.42 bits per heavy atom. The number of hydrogen-bond acceptors (Lipinski definition) is 1. The van der Waals surface area contributed by atoms with Gasteiger partial charge in [-0.25, -0.2) is 4.98 Å². The van der Waals surface area contributed by atoms with Crippen LogP contribution in [0.25, 0.3) is 0 Å². The second-order valence-electron chi connectivity index (χ2n) is 3.52. The molecule has 2 heteroatoms. The summed E-state index contributed by atoms with van der Waals surface area (Å²) < 4.78 is 2.41. The highest BCUT2D eigenvalue weighted by atomic mass is 15.1. The molecule has 0 saturated carbocycles. The van der Waals surface area contributed by atoms with Gasteiger partial charge in [-0.1, -0.05) is 6.92 Å². The highest BCUT2D eigenvalue weighted by Crippen LogP contribution is 2.16. The lowest BCUT2D eigenvalue weighted by atomic mass is 10.1. The van der Waals surface area contributed by atoms with Crippen LogP contribution in [0.3, 0.4) is 0 Å². The summed E-state index contributed by atoms with van der Waals surface area (Å²) in [7, 11) is 0. The van der Waals surface area contributed by atoms with E-state index in [2.05, 4.69) is 22.7 Å². The van der Waals surface area contributed by atoms with Gasteiger partial charge < -0.3 is 4.57 Å². The normalized spacial score (nSPS) is 16.1. The number of aryl methyl sites for hydroxylation is 2. The molecule has 0 amide bonds. The molecule has 0 fully saturated rings. The molecule has 1 aliphatic rings. The first-order chi connectivity index (χ1) is 5.92. The summed E-state index contributed by atoms with van der Waals surface area (Å²) in [5.41, 5.74) is 1.45. The fraction of sp³-hybridized carbons (Fsp3) is 0.700. The maximum absolute atomic E-state index is 4.45. The molecule has 0 N–H and O–H groups in total. The first-order valence-electron chi connectivity index (χ1n) is 4.95. The third kappa shape index (κ3) is 1.26. The van der Waals surface area contributed by atoms with E-state index >= 15 is 0 Å². The van der Waals surface area contributed by atoms with Gasteiger partial charge in [-0.05, 0) is 25.7 Å². The van der Waals surface area contributed by atoms with E-state index in [0.717, 1.165) is 6.42 Å². The topological polar surface area (TPSA) is 17.8 Å². The minimum Gasteiger partial charge on any atom is -0.332 e. The third-order valence-corrected chi connectivity index (χ3v) is 2.56. The van der Waals surface area contributed by atoms with Crippen LogP contribution in [0.15, 0.2) is 6.20 Å². The zero-order valence-electron chi connectivity index (χ0n) is 7.71. The number of nitrogens with zero attached hydrogens (tertiary/aromatic N) is 2. The molecule has 0 aromatic carbocycles. The maximum Gasteiger partial charge on any atom is 0.108 e. The van der Waals surface area contributed by atoms with Crippen molar-refractivity contribution in [3.63, 3.8) is 0 Å². The van der Waals surface area contributed by atoms with E-state index in [0.29, 0.717) is 0 Å². The van der Waals surface area contributed by atoms with Crippen molar-refractivity contribution in [1.82, 2.24) is 9.55 Å². The molecule has 0 saturated heterocycles. The van der Waals surface area contributed by atoms with Crippen LogP contribution in [-0.2, 0) is 19.4 Å². The standard InChI is InChI=1S/C10H16N2/c1-2-5-10-11-8-9-6-3-4-7-12(9)10/h8H,2-7H2,1H3. The van der Waals surface area contributed by atoms with E-state index in [4.69, 9.17) is 0 Å². The van der Waals surface area contributed by atoms with Gasteiger partial charge in [-0.3, -0.25) is 0 Å². The van der Waals surface area contributed by atoms with Gasteiger partial charge in [-0.2, -0.15) is 0 Å². The van der Waals surface area contributed by atoms with Crippen LogP contribution in [0.5, 0.6) is 0 Å². The molecule has 0 atom stereocenters. The van der Waals surface area contributed by atoms with Crippen molar-refractivity contribution in [1.29, 1.82) is 0 Å². The van der Waals surface area contributed by atoms with E-state index in [-0.39, 0.29) is 0 Å². The molecule has 0 unspecified atom stereocenters. The lowest BCUT2D eigenvalue weighted by molar-refractivity contribution is 0.512. The highest BCUT2D eigenvalue weighted by Gasteiger charge is 2.12. The largest absolute Gasteiger partial charge is 0.332 e. The molecule has 1 aromatic rings. The Kier molecular flexibility index (Phi) is 2.15. The van der Waals surface area contributed by atoms with E-state index in [1.54, 1.807) is 0 Å². The van der Waals surface area contributed by atoms with Gasteiger partial charge in [0.1, 0.15) is 5.82 Å². The van der Waals surface area contributed by atoms with Gasteiger partial charge >= 0.3 is 0 Å². The molecule has 0 spiro atoms. The monoisotopic (exact) mass is 164 g/mol. The molecular weight excluding hydrogens is 148 g/mol. The van der Waals surface area contributed by atoms with E-state index < -0.39 is 0 Å². The van der Waals surface area contributed by atoms with Crippen molar-refractivity contribution in [2.24, 2.45) is 0 Å². The van der Waals surface area contributed by atoms with Gasteiger partial charge in [-0.15, -0.1) is 0 Å². The summed E-state index contributed by atoms with van der Waals surface area (Å²) in [4.78, 5) is 4.45. The zero-order chi connectivity index (χ0) is 8.39. The summed E-state index contributed by atoms with van der Waals surface area (Å²) in [6, 6.07) is 0. The van der Waals surface area contributed by atoms with Gasteiger partial charge in [0.25, 0.3) is 0 Å². The van der Waals surface area contributed by atoms with Gasteiger partial charge in [0, 0.05) is 24.9 Å². The van der Waals surface area contributed by atoms with E-state index in [9.17, 15) is 0 Å². The fourth-order valence-electron chi connectivity index (χ4n) is 1.93. The van der Waals surface area contributed by atoms with Crippen LogP contribution >= 0.6 is 0 Å². The quantitative estimate of drug-likeness (QED) is 0.655. The molecule has 0 radical (unpaired) electrons. The van der Waals surface area contributed by atoms with Crippen LogP contribution in [-0.4, -0.2) is 9.55 Å². The van der Waals surface area contributed by atoms with Crippen LogP contribution in [0, 0.1) is 0 Å². The average Bonchev–Trinajstić information content (AvgIpc) is 2.50. The fourth-order valence-corrected chi connectivity index (χ4v) is 1.93. The summed E-state index contributed by atoms with van der Waals surface area (Å²) in [6.07, 6.45) is 8.31. The van der Waals surface area contributed by atoms with Gasteiger partial charge in [0.15, 0.2) is 0 Å². The molecule has 2 rings (SSSR count). The first-order valence-corrected chi connectivity index (χ1v) is 4.95. The second-order valence-corrected chi connectivity index (χ2v) is 3.52. The second kappa shape index (κ2) is 3.30. The zero-order valence-corrected chi connectivity index (χ0v) is 7.71. The Bertz CT molecular complexity index is 263. The Balaban J connectivity index is 2.25. The first kappa shape index (κ1) is 7.84. The van der Waals surface area contributed by atoms with Crippen LogP contribution < -0.4 is 0 Å². The molecule has 1 aliphatic heterocycles. The Morgan fingerprint density at radius 3 is 3.25 bits per heavy atom. The lowest BCUT2D eigenvalue weighted by Crippen LogP contribution is -2.12. The van der Waals surface area contributed by atoms with Crippen LogP contribution in [0.1, 0.15) is 37.7 Å². The van der Waals surface area contributed by atoms with Crippen LogP contribution in [0.4, 0.5) is 0 Å². The number of hydrogen-bond donors (Lipinski definition) is 0. The molecule has 66 valence electrons. The minimum absolute atomic E-state index is 1.14. The van der Waals surface area contributed by atoms with Crippen molar-refractivity contribution in [2.45, 2.75) is 45.6 Å². The number of aromatic nitrogens is 2. The van der Waals surface area contributed by atoms with E-state index in [1.807, 2.05) is 0 Å². The number of imidazole rings is 1. The predicted molar refractivity (Wildman–Crippen MR) is 49.2 cm³/mol. The minimum atomic E-state index is 1.14. The van der Waals surface area contributed by atoms with Crippen molar-refractivity contribution in [3.05, 3.63) is 17.7 Å². The summed E-state index contributed by atoms with van der Waals surface area (Å²) in [5, 5.41) is 0. The van der Waals surface area contributed by atoms with Crippen molar-refractivity contribution in [3.8, 4) is 0 Å². The Morgan fingerprint density at radius 1 is 1.50 bits per heavy atom. The van der Waals surface area contributed by atoms with Crippen molar-refractivity contribution < 1.29 is 0 Å². The summed E-state index contributed by atoms with van der Waals surface area (Å²) in [6.45, 7) is 3.41. The lowest BCUT2D eigenvalue weighted by Gasteiger charge is -2.16. The van der Waals surface area contributed by atoms with Gasteiger partial charge in [0.05, 0.1) is 0 Å².